The van der Waals surface area contributed by atoms with Crippen molar-refractivity contribution < 1.29 is 19.1 Å². The Bertz CT molecular complexity index is 559. The number of ether oxygens (including phenoxy) is 2. The Balaban J connectivity index is 2.78. The van der Waals surface area contributed by atoms with Crippen molar-refractivity contribution >= 4 is 11.9 Å². The van der Waals surface area contributed by atoms with Gasteiger partial charge in [0.1, 0.15) is 0 Å². The van der Waals surface area contributed by atoms with E-state index in [0.29, 0.717) is 37.2 Å². The summed E-state index contributed by atoms with van der Waals surface area (Å²) in [6.45, 7) is 8.42. The van der Waals surface area contributed by atoms with Gasteiger partial charge in [0, 0.05) is 0 Å². The molecule has 0 saturated carbocycles. The zero-order valence-corrected chi connectivity index (χ0v) is 15.3. The van der Waals surface area contributed by atoms with E-state index in [2.05, 4.69) is 0 Å². The molecule has 0 heterocycles. The lowest BCUT2D eigenvalue weighted by molar-refractivity contribution is 0.0506. The molecule has 0 radical (unpaired) electrons. The van der Waals surface area contributed by atoms with Gasteiger partial charge in [-0.1, -0.05) is 13.8 Å². The van der Waals surface area contributed by atoms with E-state index in [1.807, 2.05) is 27.7 Å². The number of hydrogen-bond donors (Lipinski definition) is 0. The smallest absolute Gasteiger partial charge is 0.338 e. The van der Waals surface area contributed by atoms with Crippen molar-refractivity contribution in [3.63, 3.8) is 0 Å². The van der Waals surface area contributed by atoms with Crippen molar-refractivity contribution in [3.8, 4) is 0 Å². The van der Waals surface area contributed by atoms with Gasteiger partial charge in [0.05, 0.1) is 24.3 Å². The summed E-state index contributed by atoms with van der Waals surface area (Å²) >= 11 is 0. The first kappa shape index (κ1) is 18.5. The fourth-order valence-electron chi connectivity index (χ4n) is 3.80. The molecule has 0 N–H and O–H groups in total. The fraction of sp³-hybridized carbons (Fsp3) is 0.600. The highest BCUT2D eigenvalue weighted by Gasteiger charge is 2.30. The van der Waals surface area contributed by atoms with Crippen LogP contribution >= 0.6 is 0 Å². The summed E-state index contributed by atoms with van der Waals surface area (Å²) < 4.78 is 10.7. The number of esters is 2. The molecule has 0 aromatic heterocycles. The van der Waals surface area contributed by atoms with Crippen molar-refractivity contribution in [3.05, 3.63) is 33.4 Å². The molecule has 0 fully saturated rings. The Morgan fingerprint density at radius 2 is 1.12 bits per heavy atom. The van der Waals surface area contributed by atoms with E-state index >= 15 is 0 Å². The lowest BCUT2D eigenvalue weighted by Gasteiger charge is -2.27. The molecule has 0 atom stereocenters. The molecule has 4 heteroatoms. The normalized spacial score (nSPS) is 13.3. The molecule has 0 unspecified atom stereocenters. The molecule has 2 rings (SSSR count). The maximum absolute atomic E-state index is 12.6. The van der Waals surface area contributed by atoms with Gasteiger partial charge in [0.25, 0.3) is 0 Å². The first-order valence-corrected chi connectivity index (χ1v) is 9.14. The summed E-state index contributed by atoms with van der Waals surface area (Å²) in [5, 5.41) is 0. The van der Waals surface area contributed by atoms with Gasteiger partial charge in [0.15, 0.2) is 0 Å². The van der Waals surface area contributed by atoms with Crippen molar-refractivity contribution in [2.45, 2.75) is 66.2 Å². The van der Waals surface area contributed by atoms with Crippen molar-refractivity contribution in [1.82, 2.24) is 0 Å². The van der Waals surface area contributed by atoms with Crippen molar-refractivity contribution in [2.75, 3.05) is 13.2 Å². The third-order valence-corrected chi connectivity index (χ3v) is 4.71. The minimum Gasteiger partial charge on any atom is -0.462 e. The predicted molar refractivity (Wildman–Crippen MR) is 93.8 cm³/mol. The van der Waals surface area contributed by atoms with Crippen LogP contribution in [0.3, 0.4) is 0 Å². The standard InChI is InChI=1S/C20H28O4/c1-5-13-14(6-2)18(20(22)24-8-4)16-12-10-9-11-15(16)17(13)19(21)23-7-3/h5-12H2,1-4H3. The number of fused-ring (bicyclic) bond motifs is 1. The van der Waals surface area contributed by atoms with Crippen LogP contribution in [0.25, 0.3) is 0 Å². The Hall–Kier alpha value is -1.84. The number of rotatable bonds is 6. The molecule has 0 saturated heterocycles. The van der Waals surface area contributed by atoms with Crippen LogP contribution in [0.2, 0.25) is 0 Å². The lowest BCUT2D eigenvalue weighted by atomic mass is 9.78. The van der Waals surface area contributed by atoms with Gasteiger partial charge in [-0.2, -0.15) is 0 Å². The molecule has 132 valence electrons. The Morgan fingerprint density at radius 1 is 0.750 bits per heavy atom. The molecule has 1 aliphatic carbocycles. The number of carbonyl (C=O) groups excluding carboxylic acids is 2. The van der Waals surface area contributed by atoms with Crippen LogP contribution in [-0.4, -0.2) is 25.2 Å². The van der Waals surface area contributed by atoms with Crippen LogP contribution in [0.5, 0.6) is 0 Å². The van der Waals surface area contributed by atoms with Crippen LogP contribution < -0.4 is 0 Å². The third kappa shape index (κ3) is 3.33. The number of hydrogen-bond acceptors (Lipinski definition) is 4. The van der Waals surface area contributed by atoms with Gasteiger partial charge in [0.2, 0.25) is 0 Å². The van der Waals surface area contributed by atoms with E-state index in [9.17, 15) is 9.59 Å². The largest absolute Gasteiger partial charge is 0.462 e. The molecule has 1 aromatic carbocycles. The minimum atomic E-state index is -0.252. The number of carbonyl (C=O) groups is 2. The lowest BCUT2D eigenvalue weighted by Crippen LogP contribution is -2.23. The summed E-state index contributed by atoms with van der Waals surface area (Å²) in [7, 11) is 0. The van der Waals surface area contributed by atoms with E-state index in [-0.39, 0.29) is 11.9 Å². The topological polar surface area (TPSA) is 52.6 Å². The second-order valence-corrected chi connectivity index (χ2v) is 6.02. The Kier molecular flexibility index (Phi) is 6.41. The summed E-state index contributed by atoms with van der Waals surface area (Å²) in [6.07, 6.45) is 5.14. The van der Waals surface area contributed by atoms with Gasteiger partial charge in [-0.05, 0) is 74.6 Å². The average Bonchev–Trinajstić information content (AvgIpc) is 2.59. The van der Waals surface area contributed by atoms with E-state index in [1.54, 1.807) is 0 Å². The monoisotopic (exact) mass is 332 g/mol. The van der Waals surface area contributed by atoms with Gasteiger partial charge in [-0.25, -0.2) is 9.59 Å². The third-order valence-electron chi connectivity index (χ3n) is 4.71. The average molecular weight is 332 g/mol. The molecule has 24 heavy (non-hydrogen) atoms. The highest BCUT2D eigenvalue weighted by atomic mass is 16.5. The Morgan fingerprint density at radius 3 is 1.42 bits per heavy atom. The molecule has 0 spiro atoms. The molecule has 0 bridgehead atoms. The highest BCUT2D eigenvalue weighted by molar-refractivity contribution is 5.99. The Labute approximate surface area is 144 Å². The van der Waals surface area contributed by atoms with E-state index in [4.69, 9.17) is 9.47 Å². The first-order valence-electron chi connectivity index (χ1n) is 9.14. The van der Waals surface area contributed by atoms with Gasteiger partial charge in [-0.3, -0.25) is 0 Å². The maximum atomic E-state index is 12.6. The molecule has 0 aliphatic heterocycles. The van der Waals surface area contributed by atoms with Gasteiger partial charge < -0.3 is 9.47 Å². The molecule has 4 nitrogen and oxygen atoms in total. The predicted octanol–water partition coefficient (Wildman–Crippen LogP) is 4.04. The van der Waals surface area contributed by atoms with Crippen LogP contribution in [0, 0.1) is 0 Å². The molecular weight excluding hydrogens is 304 g/mol. The van der Waals surface area contributed by atoms with Crippen LogP contribution in [0.4, 0.5) is 0 Å². The van der Waals surface area contributed by atoms with Crippen LogP contribution in [0.15, 0.2) is 0 Å². The highest BCUT2D eigenvalue weighted by Crippen LogP contribution is 2.35. The second kappa shape index (κ2) is 8.32. The SMILES string of the molecule is CCOC(=O)c1c(CC)c(CC)c(C(=O)OCC)c2c1CCCC2. The summed E-state index contributed by atoms with van der Waals surface area (Å²) in [5.74, 6) is -0.504. The maximum Gasteiger partial charge on any atom is 0.338 e. The second-order valence-electron chi connectivity index (χ2n) is 6.02. The fourth-order valence-corrected chi connectivity index (χ4v) is 3.80. The van der Waals surface area contributed by atoms with E-state index in [1.165, 1.54) is 0 Å². The number of benzene rings is 1. The van der Waals surface area contributed by atoms with Gasteiger partial charge in [-0.15, -0.1) is 0 Å². The summed E-state index contributed by atoms with van der Waals surface area (Å²) in [4.78, 5) is 25.3. The first-order chi connectivity index (χ1) is 11.6. The van der Waals surface area contributed by atoms with Crippen molar-refractivity contribution in [2.24, 2.45) is 0 Å². The minimum absolute atomic E-state index is 0.252. The van der Waals surface area contributed by atoms with E-state index < -0.39 is 0 Å². The zero-order chi connectivity index (χ0) is 17.7. The van der Waals surface area contributed by atoms with Crippen LogP contribution in [-0.2, 0) is 35.2 Å². The quantitative estimate of drug-likeness (QED) is 0.738. The molecular formula is C20H28O4. The molecule has 1 aromatic rings. The summed E-state index contributed by atoms with van der Waals surface area (Å²) in [5.41, 5.74) is 5.35. The molecule has 0 amide bonds. The van der Waals surface area contributed by atoms with Gasteiger partial charge >= 0.3 is 11.9 Å². The summed E-state index contributed by atoms with van der Waals surface area (Å²) in [6, 6.07) is 0. The van der Waals surface area contributed by atoms with Crippen molar-refractivity contribution in [1.29, 1.82) is 0 Å². The van der Waals surface area contributed by atoms with Crippen LogP contribution in [0.1, 0.15) is 83.5 Å². The zero-order valence-electron chi connectivity index (χ0n) is 15.3. The molecule has 1 aliphatic rings. The van der Waals surface area contributed by atoms with E-state index in [0.717, 1.165) is 47.9 Å².